The first-order valence-corrected chi connectivity index (χ1v) is 7.89. The zero-order valence-electron chi connectivity index (χ0n) is 12.1. The Morgan fingerprint density at radius 1 is 1.05 bits per heavy atom. The molecule has 2 aromatic carbocycles. The average Bonchev–Trinajstić information content (AvgIpc) is 2.40. The number of benzene rings is 2. The van der Waals surface area contributed by atoms with Crippen molar-refractivity contribution < 1.29 is 0 Å². The van der Waals surface area contributed by atoms with E-state index < -0.39 is 0 Å². The minimum absolute atomic E-state index is 0.0954. The number of hydrogen-bond donors (Lipinski definition) is 0. The predicted octanol–water partition coefficient (Wildman–Crippen LogP) is 5.50. The third-order valence-corrected chi connectivity index (χ3v) is 4.75. The van der Waals surface area contributed by atoms with E-state index in [1.54, 1.807) is 0 Å². The fraction of sp³-hybridized carbons (Fsp3) is 0.368. The van der Waals surface area contributed by atoms with E-state index in [-0.39, 0.29) is 5.38 Å². The second kappa shape index (κ2) is 5.61. The Bertz CT molecular complexity index is 583. The van der Waals surface area contributed by atoms with Crippen molar-refractivity contribution >= 4 is 11.6 Å². The maximum atomic E-state index is 6.69. The van der Waals surface area contributed by atoms with Gasteiger partial charge in [-0.15, -0.1) is 11.6 Å². The zero-order valence-corrected chi connectivity index (χ0v) is 12.9. The van der Waals surface area contributed by atoms with E-state index in [0.717, 1.165) is 12.8 Å². The summed E-state index contributed by atoms with van der Waals surface area (Å²) in [6.45, 7) is 4.51. The topological polar surface area (TPSA) is 0 Å². The number of fused-ring (bicyclic) bond motifs is 1. The molecule has 0 nitrogen and oxygen atoms in total. The highest BCUT2D eigenvalue weighted by Crippen LogP contribution is 2.46. The van der Waals surface area contributed by atoms with Crippen molar-refractivity contribution in [2.75, 3.05) is 0 Å². The summed E-state index contributed by atoms with van der Waals surface area (Å²) in [5, 5.41) is 0.0954. The molecule has 0 radical (unpaired) electrons. The quantitative estimate of drug-likeness (QED) is 0.650. The summed E-state index contributed by atoms with van der Waals surface area (Å²) in [6, 6.07) is 17.5. The molecule has 0 bridgehead atoms. The molecule has 0 aliphatic heterocycles. The monoisotopic (exact) mass is 284 g/mol. The zero-order chi connectivity index (χ0) is 14.1. The molecule has 1 aliphatic carbocycles. The number of hydrogen-bond acceptors (Lipinski definition) is 0. The van der Waals surface area contributed by atoms with Crippen LogP contribution in [-0.2, 0) is 12.8 Å². The molecule has 1 aliphatic rings. The van der Waals surface area contributed by atoms with Crippen LogP contribution in [0.3, 0.4) is 0 Å². The summed E-state index contributed by atoms with van der Waals surface area (Å²) in [5.74, 6) is 1.18. The molecule has 0 aromatic heterocycles. The van der Waals surface area contributed by atoms with Crippen molar-refractivity contribution in [3.05, 3.63) is 70.8 Å². The highest BCUT2D eigenvalue weighted by atomic mass is 35.5. The Hall–Kier alpha value is -1.27. The first-order valence-electron chi connectivity index (χ1n) is 7.46. The van der Waals surface area contributed by atoms with Gasteiger partial charge in [0.2, 0.25) is 0 Å². The molecular weight excluding hydrogens is 264 g/mol. The molecule has 0 saturated heterocycles. The van der Waals surface area contributed by atoms with Crippen LogP contribution in [0.25, 0.3) is 0 Å². The maximum absolute atomic E-state index is 6.69. The molecule has 0 saturated carbocycles. The van der Waals surface area contributed by atoms with Crippen molar-refractivity contribution in [1.29, 1.82) is 0 Å². The van der Waals surface area contributed by atoms with Gasteiger partial charge in [0.1, 0.15) is 0 Å². The van der Waals surface area contributed by atoms with Crippen molar-refractivity contribution in [1.82, 2.24) is 0 Å². The van der Waals surface area contributed by atoms with Crippen LogP contribution in [0.2, 0.25) is 0 Å². The van der Waals surface area contributed by atoms with Crippen LogP contribution in [0.5, 0.6) is 0 Å². The van der Waals surface area contributed by atoms with Crippen molar-refractivity contribution in [2.45, 2.75) is 38.0 Å². The van der Waals surface area contributed by atoms with Gasteiger partial charge in [-0.3, -0.25) is 0 Å². The maximum Gasteiger partial charge on any atom is 0.0657 e. The van der Waals surface area contributed by atoms with Crippen LogP contribution in [-0.4, -0.2) is 0 Å². The van der Waals surface area contributed by atoms with Gasteiger partial charge in [-0.1, -0.05) is 62.4 Å². The van der Waals surface area contributed by atoms with Gasteiger partial charge in [0.05, 0.1) is 5.38 Å². The minimum Gasteiger partial charge on any atom is -0.117 e. The van der Waals surface area contributed by atoms with Crippen LogP contribution < -0.4 is 0 Å². The highest BCUT2D eigenvalue weighted by molar-refractivity contribution is 6.21. The second-order valence-electron chi connectivity index (χ2n) is 6.25. The van der Waals surface area contributed by atoms with E-state index in [0.29, 0.717) is 11.8 Å². The van der Waals surface area contributed by atoms with Gasteiger partial charge in [0.25, 0.3) is 0 Å². The molecule has 2 atom stereocenters. The fourth-order valence-electron chi connectivity index (χ4n) is 3.10. The van der Waals surface area contributed by atoms with Gasteiger partial charge in [0, 0.05) is 5.92 Å². The van der Waals surface area contributed by atoms with Crippen molar-refractivity contribution in [2.24, 2.45) is 5.92 Å². The molecule has 104 valence electrons. The third kappa shape index (κ3) is 2.62. The Kier molecular flexibility index (Phi) is 3.85. The fourth-order valence-corrected chi connectivity index (χ4v) is 3.47. The molecular formula is C19H21Cl. The van der Waals surface area contributed by atoms with Gasteiger partial charge in [-0.25, -0.2) is 0 Å². The molecule has 20 heavy (non-hydrogen) atoms. The van der Waals surface area contributed by atoms with Gasteiger partial charge in [-0.05, 0) is 41.0 Å². The molecule has 3 rings (SSSR count). The lowest BCUT2D eigenvalue weighted by molar-refractivity contribution is 0.586. The van der Waals surface area contributed by atoms with Crippen LogP contribution in [0.1, 0.15) is 47.4 Å². The van der Waals surface area contributed by atoms with E-state index in [1.165, 1.54) is 22.3 Å². The normalized spacial score (nSPS) is 18.5. The van der Waals surface area contributed by atoms with Crippen LogP contribution in [0.15, 0.2) is 48.5 Å². The van der Waals surface area contributed by atoms with Crippen LogP contribution in [0, 0.1) is 5.92 Å². The molecule has 0 fully saturated rings. The van der Waals surface area contributed by atoms with E-state index in [4.69, 9.17) is 11.6 Å². The van der Waals surface area contributed by atoms with Gasteiger partial charge in [0.15, 0.2) is 0 Å². The molecule has 1 heteroatoms. The minimum atomic E-state index is 0.0954. The Morgan fingerprint density at radius 3 is 2.40 bits per heavy atom. The van der Waals surface area contributed by atoms with Gasteiger partial charge in [-0.2, -0.15) is 0 Å². The molecule has 2 unspecified atom stereocenters. The molecule has 0 heterocycles. The van der Waals surface area contributed by atoms with E-state index >= 15 is 0 Å². The standard InChI is InChI=1S/C19H21Cl/c1-13(2)11-14-7-9-15(10-8-14)19(20)18-12-16-5-3-4-6-17(16)18/h3-10,13,18-19H,11-12H2,1-2H3. The lowest BCUT2D eigenvalue weighted by Crippen LogP contribution is -2.21. The lowest BCUT2D eigenvalue weighted by Gasteiger charge is -2.33. The van der Waals surface area contributed by atoms with Gasteiger partial charge < -0.3 is 0 Å². The smallest absolute Gasteiger partial charge is 0.0657 e. The number of halogens is 1. The van der Waals surface area contributed by atoms with E-state index in [1.807, 2.05) is 0 Å². The second-order valence-corrected chi connectivity index (χ2v) is 6.72. The first-order chi connectivity index (χ1) is 9.65. The Labute approximate surface area is 126 Å². The van der Waals surface area contributed by atoms with Crippen LogP contribution >= 0.6 is 11.6 Å². The van der Waals surface area contributed by atoms with E-state index in [9.17, 15) is 0 Å². The summed E-state index contributed by atoms with van der Waals surface area (Å²) < 4.78 is 0. The molecule has 2 aromatic rings. The number of alkyl halides is 1. The lowest BCUT2D eigenvalue weighted by atomic mass is 9.74. The molecule has 0 N–H and O–H groups in total. The Morgan fingerprint density at radius 2 is 1.75 bits per heavy atom. The summed E-state index contributed by atoms with van der Waals surface area (Å²) in [4.78, 5) is 0. The van der Waals surface area contributed by atoms with Crippen LogP contribution in [0.4, 0.5) is 0 Å². The van der Waals surface area contributed by atoms with Crippen molar-refractivity contribution in [3.63, 3.8) is 0 Å². The summed E-state index contributed by atoms with van der Waals surface area (Å²) in [7, 11) is 0. The summed E-state index contributed by atoms with van der Waals surface area (Å²) in [5.41, 5.74) is 5.54. The summed E-state index contributed by atoms with van der Waals surface area (Å²) >= 11 is 6.69. The predicted molar refractivity (Wildman–Crippen MR) is 86.5 cm³/mol. The highest BCUT2D eigenvalue weighted by Gasteiger charge is 2.32. The van der Waals surface area contributed by atoms with E-state index in [2.05, 4.69) is 62.4 Å². The van der Waals surface area contributed by atoms with Gasteiger partial charge >= 0.3 is 0 Å². The third-order valence-electron chi connectivity index (χ3n) is 4.19. The summed E-state index contributed by atoms with van der Waals surface area (Å²) in [6.07, 6.45) is 2.25. The molecule has 0 spiro atoms. The molecule has 0 amide bonds. The number of rotatable bonds is 4. The SMILES string of the molecule is CC(C)Cc1ccc(C(Cl)C2Cc3ccccc32)cc1. The Balaban J connectivity index is 1.74. The average molecular weight is 285 g/mol. The van der Waals surface area contributed by atoms with Crippen molar-refractivity contribution in [3.8, 4) is 0 Å². The first kappa shape index (κ1) is 13.7. The largest absolute Gasteiger partial charge is 0.117 e.